The number of hydrogen-bond acceptors (Lipinski definition) is 1. The highest BCUT2D eigenvalue weighted by atomic mass is 79.9. The molecule has 0 spiro atoms. The number of carbonyl (C=O) groups is 1. The second-order valence-corrected chi connectivity index (χ2v) is 3.95. The second-order valence-electron chi connectivity index (χ2n) is 3.10. The van der Waals surface area contributed by atoms with Gasteiger partial charge in [-0.25, -0.2) is 0 Å². The van der Waals surface area contributed by atoms with Crippen molar-refractivity contribution < 1.29 is 4.79 Å². The minimum atomic E-state index is -0.0519. The molecule has 1 amide bonds. The number of hydrogen-bond donors (Lipinski definition) is 1. The molecule has 0 unspecified atom stereocenters. The van der Waals surface area contributed by atoms with Gasteiger partial charge in [-0.05, 0) is 53.0 Å². The molecule has 0 saturated heterocycles. The van der Waals surface area contributed by atoms with Crippen molar-refractivity contribution in [1.82, 2.24) is 0 Å². The second kappa shape index (κ2) is 3.92. The predicted octanol–water partition coefficient (Wildman–Crippen LogP) is 3.02. The monoisotopic (exact) mass is 241 g/mol. The molecular weight excluding hydrogens is 230 g/mol. The molecule has 0 fully saturated rings. The smallest absolute Gasteiger partial charge is 0.221 e. The van der Waals surface area contributed by atoms with E-state index in [2.05, 4.69) is 21.2 Å². The molecule has 0 radical (unpaired) electrons. The Morgan fingerprint density at radius 2 is 1.85 bits per heavy atom. The van der Waals surface area contributed by atoms with E-state index in [0.717, 1.165) is 10.2 Å². The number of aryl methyl sites for hydroxylation is 2. The fourth-order valence-corrected chi connectivity index (χ4v) is 1.62. The standard InChI is InChI=1S/C10H12BrNO/c1-6-4-9(11)10(5-7(6)2)12-8(3)13/h4-5H,1-3H3,(H,12,13). The van der Waals surface area contributed by atoms with Crippen LogP contribution in [0, 0.1) is 13.8 Å². The Morgan fingerprint density at radius 1 is 1.31 bits per heavy atom. The molecule has 0 aromatic heterocycles. The highest BCUT2D eigenvalue weighted by molar-refractivity contribution is 9.10. The Balaban J connectivity index is 3.08. The van der Waals surface area contributed by atoms with E-state index in [9.17, 15) is 4.79 Å². The first-order valence-corrected chi connectivity index (χ1v) is 4.84. The van der Waals surface area contributed by atoms with Gasteiger partial charge in [-0.2, -0.15) is 0 Å². The lowest BCUT2D eigenvalue weighted by molar-refractivity contribution is -0.114. The van der Waals surface area contributed by atoms with Crippen LogP contribution in [0.3, 0.4) is 0 Å². The Bertz CT molecular complexity index is 347. The highest BCUT2D eigenvalue weighted by Gasteiger charge is 2.03. The van der Waals surface area contributed by atoms with Crippen molar-refractivity contribution in [3.05, 3.63) is 27.7 Å². The molecule has 0 bridgehead atoms. The molecule has 0 atom stereocenters. The molecule has 1 aromatic carbocycles. The van der Waals surface area contributed by atoms with Gasteiger partial charge >= 0.3 is 0 Å². The van der Waals surface area contributed by atoms with Crippen LogP contribution >= 0.6 is 15.9 Å². The minimum absolute atomic E-state index is 0.0519. The van der Waals surface area contributed by atoms with Gasteiger partial charge < -0.3 is 5.32 Å². The normalized spacial score (nSPS) is 9.85. The first-order valence-electron chi connectivity index (χ1n) is 4.05. The molecule has 0 heterocycles. The lowest BCUT2D eigenvalue weighted by Gasteiger charge is -2.08. The van der Waals surface area contributed by atoms with Crippen molar-refractivity contribution in [3.63, 3.8) is 0 Å². The average Bonchev–Trinajstić information content (AvgIpc) is 1.99. The van der Waals surface area contributed by atoms with Gasteiger partial charge in [-0.15, -0.1) is 0 Å². The summed E-state index contributed by atoms with van der Waals surface area (Å²) in [7, 11) is 0. The highest BCUT2D eigenvalue weighted by Crippen LogP contribution is 2.25. The predicted molar refractivity (Wildman–Crippen MR) is 57.9 cm³/mol. The zero-order chi connectivity index (χ0) is 10.0. The lowest BCUT2D eigenvalue weighted by Crippen LogP contribution is -2.06. The van der Waals surface area contributed by atoms with Gasteiger partial charge in [0.1, 0.15) is 0 Å². The molecule has 2 nitrogen and oxygen atoms in total. The Hall–Kier alpha value is -0.830. The molecule has 0 aliphatic heterocycles. The van der Waals surface area contributed by atoms with Crippen molar-refractivity contribution in [2.24, 2.45) is 0 Å². The van der Waals surface area contributed by atoms with E-state index >= 15 is 0 Å². The molecule has 1 N–H and O–H groups in total. The summed E-state index contributed by atoms with van der Waals surface area (Å²) >= 11 is 3.40. The first-order chi connectivity index (χ1) is 6.00. The van der Waals surface area contributed by atoms with E-state index in [-0.39, 0.29) is 5.91 Å². The lowest BCUT2D eigenvalue weighted by atomic mass is 10.1. The van der Waals surface area contributed by atoms with Gasteiger partial charge in [0.05, 0.1) is 5.69 Å². The van der Waals surface area contributed by atoms with Crippen LogP contribution in [0.1, 0.15) is 18.1 Å². The number of carbonyl (C=O) groups excluding carboxylic acids is 1. The van der Waals surface area contributed by atoms with Crippen LogP contribution in [0.2, 0.25) is 0 Å². The third-order valence-corrected chi connectivity index (χ3v) is 2.55. The Kier molecular flexibility index (Phi) is 3.09. The van der Waals surface area contributed by atoms with Gasteiger partial charge in [0.15, 0.2) is 0 Å². The molecule has 0 aliphatic rings. The van der Waals surface area contributed by atoms with E-state index < -0.39 is 0 Å². The number of rotatable bonds is 1. The molecule has 0 aliphatic carbocycles. The average molecular weight is 242 g/mol. The number of benzene rings is 1. The van der Waals surface area contributed by atoms with Gasteiger partial charge in [0.2, 0.25) is 5.91 Å². The van der Waals surface area contributed by atoms with Crippen LogP contribution in [0.25, 0.3) is 0 Å². The third kappa shape index (κ3) is 2.56. The molecule has 3 heteroatoms. The fourth-order valence-electron chi connectivity index (χ4n) is 1.07. The summed E-state index contributed by atoms with van der Waals surface area (Å²) in [6.45, 7) is 5.56. The summed E-state index contributed by atoms with van der Waals surface area (Å²) in [5, 5.41) is 2.76. The van der Waals surface area contributed by atoms with Gasteiger partial charge in [-0.3, -0.25) is 4.79 Å². The summed E-state index contributed by atoms with van der Waals surface area (Å²) in [6.07, 6.45) is 0. The summed E-state index contributed by atoms with van der Waals surface area (Å²) < 4.78 is 0.922. The van der Waals surface area contributed by atoms with Gasteiger partial charge in [-0.1, -0.05) is 0 Å². The van der Waals surface area contributed by atoms with Crippen LogP contribution in [-0.2, 0) is 4.79 Å². The van der Waals surface area contributed by atoms with Crippen molar-refractivity contribution >= 4 is 27.5 Å². The number of amides is 1. The van der Waals surface area contributed by atoms with Crippen molar-refractivity contribution in [3.8, 4) is 0 Å². The molecule has 1 aromatic rings. The SMILES string of the molecule is CC(=O)Nc1cc(C)c(C)cc1Br. The van der Waals surface area contributed by atoms with E-state index in [1.165, 1.54) is 18.1 Å². The van der Waals surface area contributed by atoms with E-state index in [4.69, 9.17) is 0 Å². The first kappa shape index (κ1) is 10.3. The largest absolute Gasteiger partial charge is 0.325 e. The maximum absolute atomic E-state index is 10.8. The van der Waals surface area contributed by atoms with E-state index in [1.807, 2.05) is 26.0 Å². The maximum Gasteiger partial charge on any atom is 0.221 e. The zero-order valence-corrected chi connectivity index (χ0v) is 9.53. The Labute approximate surface area is 86.5 Å². The van der Waals surface area contributed by atoms with E-state index in [1.54, 1.807) is 0 Å². The molecule has 0 saturated carbocycles. The topological polar surface area (TPSA) is 29.1 Å². The number of nitrogens with one attached hydrogen (secondary N) is 1. The molecule has 13 heavy (non-hydrogen) atoms. The number of anilines is 1. The zero-order valence-electron chi connectivity index (χ0n) is 7.94. The van der Waals surface area contributed by atoms with Crippen molar-refractivity contribution in [2.45, 2.75) is 20.8 Å². The van der Waals surface area contributed by atoms with E-state index in [0.29, 0.717) is 0 Å². The van der Waals surface area contributed by atoms with Crippen LogP contribution in [0.4, 0.5) is 5.69 Å². The summed E-state index contributed by atoms with van der Waals surface area (Å²) in [5.41, 5.74) is 3.21. The fraction of sp³-hybridized carbons (Fsp3) is 0.300. The van der Waals surface area contributed by atoms with Crippen LogP contribution < -0.4 is 5.32 Å². The summed E-state index contributed by atoms with van der Waals surface area (Å²) in [4.78, 5) is 10.8. The molecule has 1 rings (SSSR count). The van der Waals surface area contributed by atoms with Crippen LogP contribution in [-0.4, -0.2) is 5.91 Å². The number of halogens is 1. The summed E-state index contributed by atoms with van der Waals surface area (Å²) in [5.74, 6) is -0.0519. The van der Waals surface area contributed by atoms with Crippen molar-refractivity contribution in [1.29, 1.82) is 0 Å². The minimum Gasteiger partial charge on any atom is -0.325 e. The third-order valence-electron chi connectivity index (χ3n) is 1.89. The van der Waals surface area contributed by atoms with Crippen molar-refractivity contribution in [2.75, 3.05) is 5.32 Å². The van der Waals surface area contributed by atoms with Crippen LogP contribution in [0.5, 0.6) is 0 Å². The van der Waals surface area contributed by atoms with Crippen LogP contribution in [0.15, 0.2) is 16.6 Å². The Morgan fingerprint density at radius 3 is 2.38 bits per heavy atom. The maximum atomic E-state index is 10.8. The van der Waals surface area contributed by atoms with Gasteiger partial charge in [0, 0.05) is 11.4 Å². The molecule has 70 valence electrons. The van der Waals surface area contributed by atoms with Gasteiger partial charge in [0.25, 0.3) is 0 Å². The molecular formula is C10H12BrNO. The summed E-state index contributed by atoms with van der Waals surface area (Å²) in [6, 6.07) is 3.96. The quantitative estimate of drug-likeness (QED) is 0.805.